The first-order valence-corrected chi connectivity index (χ1v) is 5.96. The molecule has 1 aliphatic carbocycles. The number of nitrogens with one attached hydrogen (secondary N) is 1. The molecule has 4 heteroatoms. The first kappa shape index (κ1) is 12.0. The number of rotatable bonds is 3. The summed E-state index contributed by atoms with van der Waals surface area (Å²) in [6.45, 7) is 4.23. The van der Waals surface area contributed by atoms with Gasteiger partial charge in [-0.15, -0.1) is 0 Å². The van der Waals surface area contributed by atoms with Crippen LogP contribution in [0.1, 0.15) is 30.4 Å². The average Bonchev–Trinajstić information content (AvgIpc) is 2.29. The van der Waals surface area contributed by atoms with Gasteiger partial charge in [-0.2, -0.15) is 0 Å². The van der Waals surface area contributed by atoms with Gasteiger partial charge in [-0.05, 0) is 43.4 Å². The second-order valence-corrected chi connectivity index (χ2v) is 4.89. The van der Waals surface area contributed by atoms with E-state index in [0.29, 0.717) is 17.9 Å². The Kier molecular flexibility index (Phi) is 3.15. The molecule has 0 spiro atoms. The second kappa shape index (κ2) is 4.45. The number of hydrogen-bond donors (Lipinski definition) is 1. The van der Waals surface area contributed by atoms with E-state index < -0.39 is 0 Å². The Balaban J connectivity index is 2.27. The molecule has 1 N–H and O–H groups in total. The summed E-state index contributed by atoms with van der Waals surface area (Å²) in [5, 5.41) is 14.1. The van der Waals surface area contributed by atoms with Gasteiger partial charge in [-0.25, -0.2) is 0 Å². The van der Waals surface area contributed by atoms with Gasteiger partial charge in [0.15, 0.2) is 0 Å². The van der Waals surface area contributed by atoms with Gasteiger partial charge in [0, 0.05) is 18.2 Å². The monoisotopic (exact) mass is 234 g/mol. The van der Waals surface area contributed by atoms with Crippen molar-refractivity contribution in [3.8, 4) is 0 Å². The van der Waals surface area contributed by atoms with Crippen molar-refractivity contribution in [3.63, 3.8) is 0 Å². The number of aryl methyl sites for hydroxylation is 1. The van der Waals surface area contributed by atoms with Crippen molar-refractivity contribution in [1.82, 2.24) is 5.32 Å². The molecule has 1 aromatic carbocycles. The number of benzene rings is 1. The molecule has 0 bridgehead atoms. The van der Waals surface area contributed by atoms with Crippen molar-refractivity contribution < 1.29 is 4.92 Å². The largest absolute Gasteiger partial charge is 0.317 e. The van der Waals surface area contributed by atoms with E-state index in [1.54, 1.807) is 12.1 Å². The molecule has 0 aromatic heterocycles. The molecule has 0 radical (unpaired) electrons. The molecule has 1 aromatic rings. The molecule has 1 saturated carbocycles. The van der Waals surface area contributed by atoms with Crippen LogP contribution in [0.4, 0.5) is 5.69 Å². The first-order chi connectivity index (χ1) is 8.04. The summed E-state index contributed by atoms with van der Waals surface area (Å²) >= 11 is 0. The van der Waals surface area contributed by atoms with E-state index in [-0.39, 0.29) is 10.6 Å². The topological polar surface area (TPSA) is 55.2 Å². The Morgan fingerprint density at radius 1 is 1.47 bits per heavy atom. The normalized spacial score (nSPS) is 27.6. The Morgan fingerprint density at radius 3 is 2.71 bits per heavy atom. The maximum absolute atomic E-state index is 10.8. The second-order valence-electron chi connectivity index (χ2n) is 4.89. The minimum atomic E-state index is -0.318. The highest BCUT2D eigenvalue weighted by atomic mass is 16.6. The number of nitro groups is 1. The van der Waals surface area contributed by atoms with Gasteiger partial charge in [0.1, 0.15) is 0 Å². The maximum Gasteiger partial charge on any atom is 0.269 e. The van der Waals surface area contributed by atoms with Crippen molar-refractivity contribution in [2.24, 2.45) is 5.92 Å². The number of hydrogen-bond acceptors (Lipinski definition) is 3. The van der Waals surface area contributed by atoms with Crippen LogP contribution in [0.5, 0.6) is 0 Å². The third kappa shape index (κ3) is 2.05. The van der Waals surface area contributed by atoms with Crippen LogP contribution in [0.25, 0.3) is 0 Å². The van der Waals surface area contributed by atoms with Crippen molar-refractivity contribution in [1.29, 1.82) is 0 Å². The summed E-state index contributed by atoms with van der Waals surface area (Å²) < 4.78 is 0. The molecule has 1 fully saturated rings. The molecule has 0 saturated heterocycles. The summed E-state index contributed by atoms with van der Waals surface area (Å²) in [4.78, 5) is 10.5. The van der Waals surface area contributed by atoms with Gasteiger partial charge in [-0.1, -0.05) is 13.0 Å². The molecule has 17 heavy (non-hydrogen) atoms. The summed E-state index contributed by atoms with van der Waals surface area (Å²) in [5.41, 5.74) is 2.49. The zero-order valence-corrected chi connectivity index (χ0v) is 10.4. The van der Waals surface area contributed by atoms with Crippen molar-refractivity contribution in [2.75, 3.05) is 7.05 Å². The van der Waals surface area contributed by atoms with Crippen LogP contribution in [0.15, 0.2) is 18.2 Å². The predicted octanol–water partition coefficient (Wildman–Crippen LogP) is 2.61. The van der Waals surface area contributed by atoms with Gasteiger partial charge in [0.2, 0.25) is 0 Å². The van der Waals surface area contributed by atoms with Gasteiger partial charge in [0.25, 0.3) is 5.69 Å². The van der Waals surface area contributed by atoms with E-state index in [9.17, 15) is 10.1 Å². The third-order valence-electron chi connectivity index (χ3n) is 4.02. The van der Waals surface area contributed by atoms with Crippen LogP contribution in [-0.4, -0.2) is 18.0 Å². The molecule has 0 heterocycles. The van der Waals surface area contributed by atoms with Crippen LogP contribution in [0.3, 0.4) is 0 Å². The van der Waals surface area contributed by atoms with E-state index >= 15 is 0 Å². The molecule has 0 amide bonds. The summed E-state index contributed by atoms with van der Waals surface area (Å²) in [5.74, 6) is 0.994. The van der Waals surface area contributed by atoms with Crippen molar-refractivity contribution >= 4 is 5.69 Å². The van der Waals surface area contributed by atoms with E-state index in [4.69, 9.17) is 0 Å². The van der Waals surface area contributed by atoms with Crippen LogP contribution in [0, 0.1) is 23.0 Å². The Morgan fingerprint density at radius 2 is 2.18 bits per heavy atom. The zero-order valence-electron chi connectivity index (χ0n) is 10.4. The van der Waals surface area contributed by atoms with Gasteiger partial charge in [0.05, 0.1) is 4.92 Å². The lowest BCUT2D eigenvalue weighted by Gasteiger charge is -2.43. The molecule has 1 aliphatic rings. The lowest BCUT2D eigenvalue weighted by atomic mass is 9.66. The lowest BCUT2D eigenvalue weighted by molar-refractivity contribution is -0.385. The molecule has 0 aliphatic heterocycles. The Bertz CT molecular complexity index is 445. The average molecular weight is 234 g/mol. The van der Waals surface area contributed by atoms with Gasteiger partial charge >= 0.3 is 0 Å². The number of nitrogens with zero attached hydrogens (tertiary/aromatic N) is 1. The standard InChI is InChI=1S/C13H18N2O2/c1-8-4-5-10(15(16)17)6-11(8)12-7-13(14-3)9(12)2/h4-6,9,12-14H,7H2,1-3H3. The zero-order chi connectivity index (χ0) is 12.6. The van der Waals surface area contributed by atoms with Crippen LogP contribution in [-0.2, 0) is 0 Å². The third-order valence-corrected chi connectivity index (χ3v) is 4.02. The molecule has 3 atom stereocenters. The molecular formula is C13H18N2O2. The SMILES string of the molecule is CNC1CC(c2cc([N+](=O)[O-])ccc2C)C1C. The highest BCUT2D eigenvalue weighted by molar-refractivity contribution is 5.42. The molecule has 3 unspecified atom stereocenters. The van der Waals surface area contributed by atoms with Crippen LogP contribution >= 0.6 is 0 Å². The predicted molar refractivity (Wildman–Crippen MR) is 67.2 cm³/mol. The minimum absolute atomic E-state index is 0.200. The van der Waals surface area contributed by atoms with E-state index in [0.717, 1.165) is 17.5 Å². The number of nitro benzene ring substituents is 1. The smallest absolute Gasteiger partial charge is 0.269 e. The summed E-state index contributed by atoms with van der Waals surface area (Å²) in [6, 6.07) is 5.71. The fourth-order valence-corrected chi connectivity index (χ4v) is 2.72. The van der Waals surface area contributed by atoms with Gasteiger partial charge in [-0.3, -0.25) is 10.1 Å². The number of non-ortho nitro benzene ring substituents is 1. The maximum atomic E-state index is 10.8. The van der Waals surface area contributed by atoms with Crippen molar-refractivity contribution in [3.05, 3.63) is 39.4 Å². The minimum Gasteiger partial charge on any atom is -0.317 e. The fourth-order valence-electron chi connectivity index (χ4n) is 2.72. The summed E-state index contributed by atoms with van der Waals surface area (Å²) in [7, 11) is 1.97. The Labute approximate surface area is 101 Å². The van der Waals surface area contributed by atoms with Crippen LogP contribution < -0.4 is 5.32 Å². The van der Waals surface area contributed by atoms with E-state index in [1.165, 1.54) is 0 Å². The van der Waals surface area contributed by atoms with Crippen molar-refractivity contribution in [2.45, 2.75) is 32.2 Å². The van der Waals surface area contributed by atoms with Gasteiger partial charge < -0.3 is 5.32 Å². The highest BCUT2D eigenvalue weighted by Gasteiger charge is 2.38. The summed E-state index contributed by atoms with van der Waals surface area (Å²) in [6.07, 6.45) is 1.07. The lowest BCUT2D eigenvalue weighted by Crippen LogP contribution is -2.46. The molecule has 92 valence electrons. The Hall–Kier alpha value is -1.42. The van der Waals surface area contributed by atoms with E-state index in [1.807, 2.05) is 20.0 Å². The van der Waals surface area contributed by atoms with E-state index in [2.05, 4.69) is 12.2 Å². The first-order valence-electron chi connectivity index (χ1n) is 5.96. The highest BCUT2D eigenvalue weighted by Crippen LogP contribution is 2.44. The molecule has 4 nitrogen and oxygen atoms in total. The quantitative estimate of drug-likeness (QED) is 0.646. The van der Waals surface area contributed by atoms with Crippen LogP contribution in [0.2, 0.25) is 0 Å². The molecular weight excluding hydrogens is 216 g/mol. The molecule has 2 rings (SSSR count). The fraction of sp³-hybridized carbons (Fsp3) is 0.538.